The number of carbonyl (C=O) groups is 5. The molecule has 14 nitrogen and oxygen atoms in total. The number of methoxy groups -OCH3 is 1. The van der Waals surface area contributed by atoms with E-state index >= 15 is 0 Å². The second-order valence-corrected chi connectivity index (χ2v) is 9.53. The molecule has 0 bridgehead atoms. The average Bonchev–Trinajstić information content (AvgIpc) is 3.33. The maximum atomic E-state index is 12.9. The van der Waals surface area contributed by atoms with Gasteiger partial charge in [-0.25, -0.2) is 0 Å². The molecule has 1 unspecified atom stereocenters. The lowest BCUT2D eigenvalue weighted by atomic mass is 10.0. The smallest absolute Gasteiger partial charge is 0.255 e. The topological polar surface area (TPSA) is 197 Å². The van der Waals surface area contributed by atoms with Gasteiger partial charge in [0.05, 0.1) is 32.5 Å². The Morgan fingerprint density at radius 3 is 2.74 bits per heavy atom. The van der Waals surface area contributed by atoms with Gasteiger partial charge in [-0.1, -0.05) is 12.1 Å². The Balaban J connectivity index is 1.20. The number of aliphatic imine (C=N–C) groups is 1. The van der Waals surface area contributed by atoms with Gasteiger partial charge in [0.25, 0.3) is 11.8 Å². The van der Waals surface area contributed by atoms with Crippen molar-refractivity contribution >= 4 is 47.1 Å². The maximum absolute atomic E-state index is 12.9. The summed E-state index contributed by atoms with van der Waals surface area (Å²) in [5.41, 5.74) is 2.32. The molecule has 0 spiro atoms. The van der Waals surface area contributed by atoms with Gasteiger partial charge in [0, 0.05) is 48.1 Å². The molecule has 0 aliphatic carbocycles. The number of nitrogens with two attached hydrogens (primary N) is 1. The van der Waals surface area contributed by atoms with Crippen LogP contribution in [0.15, 0.2) is 52.6 Å². The van der Waals surface area contributed by atoms with Crippen LogP contribution >= 0.6 is 0 Å². The second-order valence-electron chi connectivity index (χ2n) is 9.53. The Morgan fingerprint density at radius 1 is 1.17 bits per heavy atom. The van der Waals surface area contributed by atoms with Gasteiger partial charge in [-0.2, -0.15) is 5.10 Å². The van der Waals surface area contributed by atoms with Crippen LogP contribution in [0.1, 0.15) is 39.1 Å². The molecule has 2 aliphatic rings. The third-order valence-electron chi connectivity index (χ3n) is 6.73. The minimum Gasteiger partial charge on any atom is -0.497 e. The molecule has 0 saturated carbocycles. The Hall–Kier alpha value is -5.11. The standard InChI is InChI=1S/C28H32N8O6/c1-42-19-5-2-4-17(12-19)26(39)32-14-18(35-29)13-30-10-11-31-15-25(38)33-22-7-3-6-20-21(22)16-36(28(20)41)23-8-9-24(37)34-27(23)40/h2-7,12-13,23,31H,8-11,14-16,29H2,1H3,(H,32,39)(H,33,38)(H,34,37,40)/b30-13?,35-18+. The summed E-state index contributed by atoms with van der Waals surface area (Å²) in [5, 5.41) is 14.4. The molecule has 2 heterocycles. The molecular weight excluding hydrogens is 544 g/mol. The molecule has 4 rings (SSSR count). The number of fused-ring (bicyclic) bond motifs is 1. The van der Waals surface area contributed by atoms with Gasteiger partial charge in [-0.05, 0) is 36.8 Å². The molecule has 0 radical (unpaired) electrons. The number of ether oxygens (including phenoxy) is 1. The summed E-state index contributed by atoms with van der Waals surface area (Å²) in [6, 6.07) is 11.0. The first-order valence-electron chi connectivity index (χ1n) is 13.3. The molecular formula is C28H32N8O6. The van der Waals surface area contributed by atoms with Gasteiger partial charge < -0.3 is 31.4 Å². The van der Waals surface area contributed by atoms with Crippen LogP contribution in [0.5, 0.6) is 5.75 Å². The number of hydrazone groups is 1. The summed E-state index contributed by atoms with van der Waals surface area (Å²) < 4.78 is 5.12. The Kier molecular flexibility index (Phi) is 9.94. The third kappa shape index (κ3) is 7.34. The van der Waals surface area contributed by atoms with Crippen molar-refractivity contribution in [3.05, 3.63) is 59.2 Å². The molecule has 1 atom stereocenters. The number of anilines is 1. The zero-order chi connectivity index (χ0) is 30.1. The van der Waals surface area contributed by atoms with Crippen molar-refractivity contribution in [2.45, 2.75) is 25.4 Å². The number of nitrogens with one attached hydrogen (secondary N) is 4. The maximum Gasteiger partial charge on any atom is 0.255 e. The van der Waals surface area contributed by atoms with E-state index < -0.39 is 11.9 Å². The minimum absolute atomic E-state index is 0.00157. The van der Waals surface area contributed by atoms with Gasteiger partial charge in [0.15, 0.2) is 0 Å². The highest BCUT2D eigenvalue weighted by Crippen LogP contribution is 2.32. The number of carbonyl (C=O) groups excluding carboxylic acids is 5. The molecule has 220 valence electrons. The van der Waals surface area contributed by atoms with Gasteiger partial charge in [-0.15, -0.1) is 0 Å². The van der Waals surface area contributed by atoms with E-state index in [0.29, 0.717) is 46.9 Å². The molecule has 42 heavy (non-hydrogen) atoms. The summed E-state index contributed by atoms with van der Waals surface area (Å²) in [6.07, 6.45) is 1.87. The first-order chi connectivity index (χ1) is 20.3. The zero-order valence-electron chi connectivity index (χ0n) is 23.0. The summed E-state index contributed by atoms with van der Waals surface area (Å²) in [7, 11) is 1.52. The second kappa shape index (κ2) is 14.0. The largest absolute Gasteiger partial charge is 0.497 e. The molecule has 2 aliphatic heterocycles. The van der Waals surface area contributed by atoms with Crippen LogP contribution in [0.25, 0.3) is 0 Å². The molecule has 5 amide bonds. The number of nitrogens with zero attached hydrogens (tertiary/aromatic N) is 3. The number of amides is 5. The Bertz CT molecular complexity index is 1440. The zero-order valence-corrected chi connectivity index (χ0v) is 23.0. The number of imide groups is 1. The molecule has 2 aromatic rings. The van der Waals surface area contributed by atoms with E-state index in [4.69, 9.17) is 10.6 Å². The fraction of sp³-hybridized carbons (Fsp3) is 0.321. The highest BCUT2D eigenvalue weighted by Gasteiger charge is 2.39. The Labute approximate surface area is 241 Å². The van der Waals surface area contributed by atoms with E-state index in [2.05, 4.69) is 31.4 Å². The number of hydrogen-bond acceptors (Lipinski definition) is 10. The molecule has 0 aromatic heterocycles. The van der Waals surface area contributed by atoms with Crippen LogP contribution in [0.3, 0.4) is 0 Å². The highest BCUT2D eigenvalue weighted by atomic mass is 16.5. The fourth-order valence-corrected chi connectivity index (χ4v) is 4.57. The molecule has 6 N–H and O–H groups in total. The van der Waals surface area contributed by atoms with Crippen LogP contribution in [0, 0.1) is 0 Å². The Morgan fingerprint density at radius 2 is 1.98 bits per heavy atom. The number of hydrogen-bond donors (Lipinski definition) is 5. The lowest BCUT2D eigenvalue weighted by molar-refractivity contribution is -0.137. The lowest BCUT2D eigenvalue weighted by Crippen LogP contribution is -2.52. The number of rotatable bonds is 12. The van der Waals surface area contributed by atoms with Crippen molar-refractivity contribution in [2.75, 3.05) is 38.6 Å². The van der Waals surface area contributed by atoms with Gasteiger partial charge in [-0.3, -0.25) is 34.3 Å². The molecule has 1 fully saturated rings. The highest BCUT2D eigenvalue weighted by molar-refractivity contribution is 6.32. The lowest BCUT2D eigenvalue weighted by Gasteiger charge is -2.29. The fourth-order valence-electron chi connectivity index (χ4n) is 4.57. The van der Waals surface area contributed by atoms with Crippen molar-refractivity contribution in [3.8, 4) is 5.75 Å². The summed E-state index contributed by atoms with van der Waals surface area (Å²) in [4.78, 5) is 67.3. The van der Waals surface area contributed by atoms with Crippen LogP contribution in [0.4, 0.5) is 5.69 Å². The van der Waals surface area contributed by atoms with Crippen molar-refractivity contribution in [3.63, 3.8) is 0 Å². The summed E-state index contributed by atoms with van der Waals surface area (Å²) in [6.45, 7) is 0.943. The first-order valence-corrected chi connectivity index (χ1v) is 13.3. The minimum atomic E-state index is -0.734. The van der Waals surface area contributed by atoms with Crippen LogP contribution < -0.4 is 31.8 Å². The van der Waals surface area contributed by atoms with Crippen LogP contribution in [-0.2, 0) is 20.9 Å². The van der Waals surface area contributed by atoms with E-state index in [9.17, 15) is 24.0 Å². The van der Waals surface area contributed by atoms with E-state index in [1.807, 2.05) is 0 Å². The van der Waals surface area contributed by atoms with Crippen molar-refractivity contribution in [1.82, 2.24) is 20.9 Å². The van der Waals surface area contributed by atoms with Crippen molar-refractivity contribution in [2.24, 2.45) is 15.9 Å². The number of piperidine rings is 1. The first kappa shape index (κ1) is 29.9. The van der Waals surface area contributed by atoms with Crippen LogP contribution in [-0.4, -0.2) is 85.7 Å². The molecule has 14 heteroatoms. The van der Waals surface area contributed by atoms with Crippen LogP contribution in [0.2, 0.25) is 0 Å². The quantitative estimate of drug-likeness (QED) is 0.0753. The van der Waals surface area contributed by atoms with E-state index in [1.54, 1.807) is 42.5 Å². The van der Waals surface area contributed by atoms with Crippen molar-refractivity contribution < 1.29 is 28.7 Å². The number of benzene rings is 2. The average molecular weight is 577 g/mol. The predicted octanol–water partition coefficient (Wildman–Crippen LogP) is -0.200. The normalized spacial score (nSPS) is 16.8. The molecule has 2 aromatic carbocycles. The third-order valence-corrected chi connectivity index (χ3v) is 6.73. The van der Waals surface area contributed by atoms with Gasteiger partial charge in [0.1, 0.15) is 11.8 Å². The van der Waals surface area contributed by atoms with E-state index in [-0.39, 0.29) is 56.1 Å². The monoisotopic (exact) mass is 576 g/mol. The van der Waals surface area contributed by atoms with Gasteiger partial charge >= 0.3 is 0 Å². The van der Waals surface area contributed by atoms with Gasteiger partial charge in [0.2, 0.25) is 17.7 Å². The van der Waals surface area contributed by atoms with E-state index in [1.165, 1.54) is 18.2 Å². The molecule has 1 saturated heterocycles. The predicted molar refractivity (Wildman–Crippen MR) is 154 cm³/mol. The summed E-state index contributed by atoms with van der Waals surface area (Å²) in [5.74, 6) is 4.19. The van der Waals surface area contributed by atoms with E-state index in [0.717, 1.165) is 0 Å². The summed E-state index contributed by atoms with van der Waals surface area (Å²) >= 11 is 0. The SMILES string of the molecule is COc1cccc(C(=O)NC/C(C=NCCNCC(=O)Nc2cccc3c2CN(C2CCC(=O)NC2=O)C3=O)=N/N)c1. The van der Waals surface area contributed by atoms with Crippen molar-refractivity contribution in [1.29, 1.82) is 0 Å².